The molecule has 1 unspecified atom stereocenters. The number of benzene rings is 2. The number of carbonyl (C=O) groups is 2. The van der Waals surface area contributed by atoms with Crippen LogP contribution in [-0.4, -0.2) is 28.0 Å². The van der Waals surface area contributed by atoms with Crippen LogP contribution in [0.1, 0.15) is 16.7 Å². The van der Waals surface area contributed by atoms with Crippen LogP contribution >= 0.6 is 0 Å². The highest BCUT2D eigenvalue weighted by Crippen LogP contribution is 2.26. The van der Waals surface area contributed by atoms with Gasteiger partial charge in [-0.25, -0.2) is 4.79 Å². The van der Waals surface area contributed by atoms with Crippen LogP contribution in [0.2, 0.25) is 0 Å². The lowest BCUT2D eigenvalue weighted by Gasteiger charge is -2.29. The topological polar surface area (TPSA) is 55.9 Å². The quantitative estimate of drug-likeness (QED) is 0.928. The van der Waals surface area contributed by atoms with Gasteiger partial charge >= 0.3 is 6.03 Å². The fraction of sp³-hybridized carbons (Fsp3) is 0.200. The van der Waals surface area contributed by atoms with Gasteiger partial charge in [-0.2, -0.15) is 5.43 Å². The van der Waals surface area contributed by atoms with Crippen LogP contribution in [0.25, 0.3) is 0 Å². The summed E-state index contributed by atoms with van der Waals surface area (Å²) < 4.78 is 0. The Morgan fingerprint density at radius 2 is 1.73 bits per heavy atom. The van der Waals surface area contributed by atoms with Crippen LogP contribution in [-0.2, 0) is 11.3 Å². The lowest BCUT2D eigenvalue weighted by Crippen LogP contribution is -2.51. The van der Waals surface area contributed by atoms with Crippen LogP contribution in [0.15, 0.2) is 60.9 Å². The molecule has 0 aromatic heterocycles. The molecule has 6 heteroatoms. The zero-order chi connectivity index (χ0) is 18.3. The van der Waals surface area contributed by atoms with Gasteiger partial charge in [0.15, 0.2) is 6.17 Å². The number of hydrazine groups is 1. The minimum atomic E-state index is -0.724. The molecule has 0 radical (unpaired) electrons. The van der Waals surface area contributed by atoms with E-state index in [1.54, 1.807) is 17.3 Å². The molecular formula is C20H20N4O2. The van der Waals surface area contributed by atoms with Gasteiger partial charge in [-0.05, 0) is 42.7 Å². The molecule has 1 atom stereocenters. The Morgan fingerprint density at radius 1 is 0.962 bits per heavy atom. The number of urea groups is 1. The molecule has 3 amide bonds. The normalized spacial score (nSPS) is 19.3. The highest BCUT2D eigenvalue weighted by Gasteiger charge is 2.44. The summed E-state index contributed by atoms with van der Waals surface area (Å²) in [4.78, 5) is 28.6. The first-order valence-corrected chi connectivity index (χ1v) is 8.53. The van der Waals surface area contributed by atoms with Gasteiger partial charge in [-0.3, -0.25) is 19.6 Å². The standard InChI is InChI=1S/C20H20N4O2/c1-14-8-9-17(12-15(14)2)22-10-11-23-18(19(22)25)21-24(20(23)26)13-16-6-4-3-5-7-16/h3-12,18,21H,13H2,1-2H3. The van der Waals surface area contributed by atoms with Crippen molar-refractivity contribution >= 4 is 17.6 Å². The van der Waals surface area contributed by atoms with Gasteiger partial charge in [-0.1, -0.05) is 36.4 Å². The Labute approximate surface area is 152 Å². The van der Waals surface area contributed by atoms with Crippen LogP contribution < -0.4 is 10.3 Å². The number of carbonyl (C=O) groups excluding carboxylic acids is 2. The molecule has 132 valence electrons. The summed E-state index contributed by atoms with van der Waals surface area (Å²) in [7, 11) is 0. The first kappa shape index (κ1) is 16.4. The van der Waals surface area contributed by atoms with Gasteiger partial charge in [0.2, 0.25) is 0 Å². The van der Waals surface area contributed by atoms with Gasteiger partial charge < -0.3 is 0 Å². The molecule has 1 fully saturated rings. The lowest BCUT2D eigenvalue weighted by atomic mass is 10.1. The molecule has 1 N–H and O–H groups in total. The van der Waals surface area contributed by atoms with Crippen molar-refractivity contribution in [1.82, 2.24) is 15.3 Å². The zero-order valence-electron chi connectivity index (χ0n) is 14.7. The third-order valence-corrected chi connectivity index (χ3v) is 4.81. The van der Waals surface area contributed by atoms with Gasteiger partial charge in [-0.15, -0.1) is 0 Å². The first-order valence-electron chi connectivity index (χ1n) is 8.53. The maximum Gasteiger partial charge on any atom is 0.340 e. The Kier molecular flexibility index (Phi) is 3.97. The molecule has 1 saturated heterocycles. The number of aryl methyl sites for hydroxylation is 2. The SMILES string of the molecule is Cc1ccc(N2C=CN3C(=O)N(Cc4ccccc4)NC3C2=O)cc1C. The van der Waals surface area contributed by atoms with E-state index < -0.39 is 6.17 Å². The number of nitrogens with zero attached hydrogens (tertiary/aromatic N) is 3. The van der Waals surface area contributed by atoms with Crippen molar-refractivity contribution in [2.45, 2.75) is 26.6 Å². The monoisotopic (exact) mass is 348 g/mol. The third kappa shape index (κ3) is 2.74. The van der Waals surface area contributed by atoms with E-state index in [0.717, 1.165) is 16.8 Å². The molecule has 0 spiro atoms. The Morgan fingerprint density at radius 3 is 2.46 bits per heavy atom. The van der Waals surface area contributed by atoms with Gasteiger partial charge in [0.05, 0.1) is 6.54 Å². The Hall–Kier alpha value is -3.12. The zero-order valence-corrected chi connectivity index (χ0v) is 14.7. The predicted octanol–water partition coefficient (Wildman–Crippen LogP) is 2.89. The minimum Gasteiger partial charge on any atom is -0.283 e. The summed E-state index contributed by atoms with van der Waals surface area (Å²) in [6, 6.07) is 15.3. The summed E-state index contributed by atoms with van der Waals surface area (Å²) in [6.45, 7) is 4.45. The van der Waals surface area contributed by atoms with Crippen molar-refractivity contribution in [3.05, 3.63) is 77.6 Å². The van der Waals surface area contributed by atoms with E-state index in [-0.39, 0.29) is 11.9 Å². The molecule has 2 heterocycles. The van der Waals surface area contributed by atoms with E-state index in [1.165, 1.54) is 15.5 Å². The largest absolute Gasteiger partial charge is 0.340 e. The van der Waals surface area contributed by atoms with E-state index >= 15 is 0 Å². The number of nitrogens with one attached hydrogen (secondary N) is 1. The number of amides is 3. The molecule has 4 rings (SSSR count). The van der Waals surface area contributed by atoms with E-state index in [2.05, 4.69) is 5.43 Å². The van der Waals surface area contributed by atoms with E-state index in [9.17, 15) is 9.59 Å². The van der Waals surface area contributed by atoms with Crippen molar-refractivity contribution in [3.8, 4) is 0 Å². The van der Waals surface area contributed by atoms with E-state index in [4.69, 9.17) is 0 Å². The number of hydrogen-bond donors (Lipinski definition) is 1. The second-order valence-electron chi connectivity index (χ2n) is 6.57. The molecular weight excluding hydrogens is 328 g/mol. The molecule has 26 heavy (non-hydrogen) atoms. The number of anilines is 1. The van der Waals surface area contributed by atoms with Gasteiger partial charge in [0, 0.05) is 18.1 Å². The summed E-state index contributed by atoms with van der Waals surface area (Å²) in [5.41, 5.74) is 7.12. The molecule has 2 aromatic carbocycles. The molecule has 0 bridgehead atoms. The molecule has 2 aliphatic rings. The van der Waals surface area contributed by atoms with Gasteiger partial charge in [0.1, 0.15) is 0 Å². The highest BCUT2D eigenvalue weighted by atomic mass is 16.2. The van der Waals surface area contributed by atoms with Crippen molar-refractivity contribution < 1.29 is 9.59 Å². The number of rotatable bonds is 3. The minimum absolute atomic E-state index is 0.181. The fourth-order valence-corrected chi connectivity index (χ4v) is 3.15. The average Bonchev–Trinajstić information content (AvgIpc) is 2.96. The number of hydrogen-bond acceptors (Lipinski definition) is 3. The van der Waals surface area contributed by atoms with Crippen LogP contribution in [0.5, 0.6) is 0 Å². The molecule has 0 aliphatic carbocycles. The Bertz CT molecular complexity index is 894. The molecule has 2 aromatic rings. The van der Waals surface area contributed by atoms with Crippen LogP contribution in [0.3, 0.4) is 0 Å². The second-order valence-corrected chi connectivity index (χ2v) is 6.57. The smallest absolute Gasteiger partial charge is 0.283 e. The summed E-state index contributed by atoms with van der Waals surface area (Å²) in [5, 5.41) is 1.48. The lowest BCUT2D eigenvalue weighted by molar-refractivity contribution is -0.122. The third-order valence-electron chi connectivity index (χ3n) is 4.81. The van der Waals surface area contributed by atoms with E-state index in [0.29, 0.717) is 6.54 Å². The fourth-order valence-electron chi connectivity index (χ4n) is 3.15. The van der Waals surface area contributed by atoms with Gasteiger partial charge in [0.25, 0.3) is 5.91 Å². The first-order chi connectivity index (χ1) is 12.5. The van der Waals surface area contributed by atoms with Crippen molar-refractivity contribution in [3.63, 3.8) is 0 Å². The second kappa shape index (κ2) is 6.31. The predicted molar refractivity (Wildman–Crippen MR) is 98.7 cm³/mol. The maximum absolute atomic E-state index is 12.9. The Balaban J connectivity index is 1.56. The van der Waals surface area contributed by atoms with Crippen LogP contribution in [0, 0.1) is 13.8 Å². The summed E-state index contributed by atoms with van der Waals surface area (Å²) in [5.74, 6) is -0.181. The van der Waals surface area contributed by atoms with Crippen molar-refractivity contribution in [2.75, 3.05) is 4.90 Å². The van der Waals surface area contributed by atoms with Crippen molar-refractivity contribution in [1.29, 1.82) is 0 Å². The summed E-state index contributed by atoms with van der Waals surface area (Å²) >= 11 is 0. The van der Waals surface area contributed by atoms with Crippen molar-refractivity contribution in [2.24, 2.45) is 0 Å². The highest BCUT2D eigenvalue weighted by molar-refractivity contribution is 6.03. The molecule has 2 aliphatic heterocycles. The molecule has 0 saturated carbocycles. The number of fused-ring (bicyclic) bond motifs is 1. The maximum atomic E-state index is 12.9. The van der Waals surface area contributed by atoms with E-state index in [1.807, 2.05) is 62.4 Å². The summed E-state index contributed by atoms with van der Waals surface area (Å²) in [6.07, 6.45) is 2.58. The molecule has 6 nitrogen and oxygen atoms in total. The van der Waals surface area contributed by atoms with Crippen LogP contribution in [0.4, 0.5) is 10.5 Å². The average molecular weight is 348 g/mol.